The normalized spacial score (nSPS) is 9.89. The van der Waals surface area contributed by atoms with Crippen LogP contribution in [0.15, 0.2) is 13.6 Å². The van der Waals surface area contributed by atoms with Crippen molar-refractivity contribution in [3.8, 4) is 0 Å². The monoisotopic (exact) mass is 127 g/mol. The van der Waals surface area contributed by atoms with Crippen molar-refractivity contribution in [2.24, 2.45) is 0 Å². The fourth-order valence-electron chi connectivity index (χ4n) is 0.570. The topological polar surface area (TPSA) is 43.4 Å². The van der Waals surface area contributed by atoms with Crippen molar-refractivity contribution < 1.29 is 8.83 Å². The molecule has 1 aromatic heterocycles. The molecule has 3 nitrogen and oxygen atoms in total. The lowest BCUT2D eigenvalue weighted by atomic mass is 10.3. The van der Waals surface area contributed by atoms with Crippen LogP contribution in [0.4, 0.5) is 0 Å². The SMILES string of the molecule is CCCc1[c]oc(=O)o1. The third kappa shape index (κ3) is 1.45. The minimum absolute atomic E-state index is 0.502. The molecule has 0 saturated carbocycles. The van der Waals surface area contributed by atoms with E-state index >= 15 is 0 Å². The van der Waals surface area contributed by atoms with Gasteiger partial charge in [-0.1, -0.05) is 6.92 Å². The number of hydrogen-bond acceptors (Lipinski definition) is 3. The van der Waals surface area contributed by atoms with Crippen molar-refractivity contribution in [3.63, 3.8) is 0 Å². The Kier molecular flexibility index (Phi) is 1.72. The fourth-order valence-corrected chi connectivity index (χ4v) is 0.570. The first kappa shape index (κ1) is 6.13. The van der Waals surface area contributed by atoms with Crippen molar-refractivity contribution in [1.29, 1.82) is 0 Å². The largest absolute Gasteiger partial charge is 0.519 e. The van der Waals surface area contributed by atoms with Crippen LogP contribution in [-0.4, -0.2) is 0 Å². The first-order chi connectivity index (χ1) is 4.33. The third-order valence-corrected chi connectivity index (χ3v) is 0.932. The molecule has 0 fully saturated rings. The highest BCUT2D eigenvalue weighted by molar-refractivity contribution is 4.81. The van der Waals surface area contributed by atoms with E-state index < -0.39 is 5.82 Å². The molecule has 9 heavy (non-hydrogen) atoms. The average Bonchev–Trinajstić information content (AvgIpc) is 2.17. The van der Waals surface area contributed by atoms with Gasteiger partial charge in [0.2, 0.25) is 6.26 Å². The van der Waals surface area contributed by atoms with Crippen LogP contribution in [0.2, 0.25) is 0 Å². The van der Waals surface area contributed by atoms with Crippen molar-refractivity contribution in [2.75, 3.05) is 0 Å². The number of aryl methyl sites for hydroxylation is 1. The Labute approximate surface area is 52.3 Å². The molecule has 1 rings (SSSR count). The summed E-state index contributed by atoms with van der Waals surface area (Å²) in [5.41, 5.74) is 0. The van der Waals surface area contributed by atoms with Crippen LogP contribution in [0, 0.1) is 6.26 Å². The second-order valence-electron chi connectivity index (χ2n) is 1.73. The van der Waals surface area contributed by atoms with E-state index in [-0.39, 0.29) is 0 Å². The van der Waals surface area contributed by atoms with Gasteiger partial charge in [0.25, 0.3) is 0 Å². The summed E-state index contributed by atoms with van der Waals surface area (Å²) >= 11 is 0. The van der Waals surface area contributed by atoms with Gasteiger partial charge in [-0.25, -0.2) is 4.79 Å². The van der Waals surface area contributed by atoms with Gasteiger partial charge in [0.05, 0.1) is 0 Å². The lowest BCUT2D eigenvalue weighted by Gasteiger charge is -1.81. The van der Waals surface area contributed by atoms with Crippen molar-refractivity contribution in [3.05, 3.63) is 22.6 Å². The molecule has 0 bridgehead atoms. The Morgan fingerprint density at radius 2 is 2.44 bits per heavy atom. The van der Waals surface area contributed by atoms with E-state index in [1.807, 2.05) is 6.92 Å². The van der Waals surface area contributed by atoms with Crippen LogP contribution in [0.5, 0.6) is 0 Å². The molecule has 3 heteroatoms. The Morgan fingerprint density at radius 3 is 2.89 bits per heavy atom. The van der Waals surface area contributed by atoms with Gasteiger partial charge in [-0.05, 0) is 6.42 Å². The molecule has 0 N–H and O–H groups in total. The maximum atomic E-state index is 10.2. The molecule has 0 unspecified atom stereocenters. The highest BCUT2D eigenvalue weighted by Crippen LogP contribution is 1.96. The number of rotatable bonds is 2. The van der Waals surface area contributed by atoms with E-state index in [4.69, 9.17) is 0 Å². The van der Waals surface area contributed by atoms with Crippen LogP contribution in [0.1, 0.15) is 19.1 Å². The summed E-state index contributed by atoms with van der Waals surface area (Å²) in [6, 6.07) is 0. The first-order valence-electron chi connectivity index (χ1n) is 2.83. The Bertz CT molecular complexity index is 220. The predicted molar refractivity (Wildman–Crippen MR) is 30.1 cm³/mol. The van der Waals surface area contributed by atoms with Crippen LogP contribution in [0.3, 0.4) is 0 Å². The molecule has 49 valence electrons. The summed E-state index contributed by atoms with van der Waals surface area (Å²) in [7, 11) is 0. The minimum atomic E-state index is -0.668. The van der Waals surface area contributed by atoms with Crippen LogP contribution >= 0.6 is 0 Å². The van der Waals surface area contributed by atoms with Gasteiger partial charge in [0.15, 0.2) is 5.76 Å². The molecular formula is C6H7O3. The molecule has 0 aliphatic rings. The molecular weight excluding hydrogens is 120 g/mol. The smallest absolute Gasteiger partial charge is 0.395 e. The molecule has 0 atom stereocenters. The first-order valence-corrected chi connectivity index (χ1v) is 2.83. The van der Waals surface area contributed by atoms with E-state index in [0.717, 1.165) is 6.42 Å². The Morgan fingerprint density at radius 1 is 1.67 bits per heavy atom. The summed E-state index contributed by atoms with van der Waals surface area (Å²) in [6.07, 6.45) is 4.00. The average molecular weight is 127 g/mol. The molecule has 1 heterocycles. The summed E-state index contributed by atoms with van der Waals surface area (Å²) in [5.74, 6) is -0.166. The van der Waals surface area contributed by atoms with Gasteiger partial charge in [-0.15, -0.1) is 0 Å². The molecule has 0 aliphatic heterocycles. The molecule has 0 spiro atoms. The summed E-state index contributed by atoms with van der Waals surface area (Å²) in [6.45, 7) is 1.99. The summed E-state index contributed by atoms with van der Waals surface area (Å²) < 4.78 is 8.82. The van der Waals surface area contributed by atoms with Crippen molar-refractivity contribution in [2.45, 2.75) is 19.8 Å². The zero-order valence-corrected chi connectivity index (χ0v) is 5.14. The van der Waals surface area contributed by atoms with Crippen LogP contribution < -0.4 is 5.82 Å². The minimum Gasteiger partial charge on any atom is -0.395 e. The summed E-state index contributed by atoms with van der Waals surface area (Å²) in [4.78, 5) is 10.2. The Hall–Kier alpha value is -0.990. The van der Waals surface area contributed by atoms with E-state index in [1.54, 1.807) is 0 Å². The van der Waals surface area contributed by atoms with Crippen LogP contribution in [0.25, 0.3) is 0 Å². The zero-order valence-electron chi connectivity index (χ0n) is 5.14. The van der Waals surface area contributed by atoms with Gasteiger partial charge in [-0.2, -0.15) is 0 Å². The fraction of sp³-hybridized carbons (Fsp3) is 0.500. The van der Waals surface area contributed by atoms with Gasteiger partial charge in [0.1, 0.15) is 0 Å². The highest BCUT2D eigenvalue weighted by atomic mass is 16.6. The Balaban J connectivity index is 2.73. The predicted octanol–water partition coefficient (Wildman–Crippen LogP) is 0.985. The molecule has 0 aliphatic carbocycles. The van der Waals surface area contributed by atoms with Crippen LogP contribution in [-0.2, 0) is 6.42 Å². The standard InChI is InChI=1S/C6H7O3/c1-2-3-5-4-8-6(7)9-5/h2-3H2,1H3. The van der Waals surface area contributed by atoms with Gasteiger partial charge < -0.3 is 8.83 Å². The maximum Gasteiger partial charge on any atom is 0.519 e. The maximum absolute atomic E-state index is 10.2. The highest BCUT2D eigenvalue weighted by Gasteiger charge is 1.98. The lowest BCUT2D eigenvalue weighted by Crippen LogP contribution is -1.86. The van der Waals surface area contributed by atoms with Crippen molar-refractivity contribution in [1.82, 2.24) is 0 Å². The van der Waals surface area contributed by atoms with Gasteiger partial charge >= 0.3 is 5.82 Å². The molecule has 1 aromatic rings. The molecule has 0 saturated heterocycles. The second kappa shape index (κ2) is 2.53. The van der Waals surface area contributed by atoms with E-state index in [9.17, 15) is 4.79 Å². The zero-order chi connectivity index (χ0) is 6.69. The lowest BCUT2D eigenvalue weighted by molar-refractivity contribution is 0.372. The van der Waals surface area contributed by atoms with Crippen molar-refractivity contribution >= 4 is 0 Å². The molecule has 0 aromatic carbocycles. The summed E-state index contributed by atoms with van der Waals surface area (Å²) in [5, 5.41) is 0. The quantitative estimate of drug-likeness (QED) is 0.594. The van der Waals surface area contributed by atoms with Gasteiger partial charge in [-0.3, -0.25) is 0 Å². The number of hydrogen-bond donors (Lipinski definition) is 0. The molecule has 1 radical (unpaired) electrons. The van der Waals surface area contributed by atoms with E-state index in [0.29, 0.717) is 12.2 Å². The van der Waals surface area contributed by atoms with E-state index in [2.05, 4.69) is 15.1 Å². The van der Waals surface area contributed by atoms with Gasteiger partial charge in [0, 0.05) is 6.42 Å². The second-order valence-corrected chi connectivity index (χ2v) is 1.73. The third-order valence-electron chi connectivity index (χ3n) is 0.932. The van der Waals surface area contributed by atoms with E-state index in [1.165, 1.54) is 0 Å². The molecule has 0 amide bonds.